The van der Waals surface area contributed by atoms with Crippen LogP contribution in [0.5, 0.6) is 0 Å². The number of terminal acetylenes is 1. The van der Waals surface area contributed by atoms with Crippen molar-refractivity contribution in [3.8, 4) is 12.3 Å². The third kappa shape index (κ3) is 3.32. The molecule has 3 rings (SSSR count). The maximum Gasteiger partial charge on any atom is 0.279 e. The average molecular weight is 361 g/mol. The highest BCUT2D eigenvalue weighted by atomic mass is 35.5. The Labute approximate surface area is 146 Å². The highest BCUT2D eigenvalue weighted by Crippen LogP contribution is 2.22. The van der Waals surface area contributed by atoms with E-state index in [1.807, 2.05) is 16.7 Å². The van der Waals surface area contributed by atoms with Gasteiger partial charge in [-0.05, 0) is 36.4 Å². The van der Waals surface area contributed by atoms with Crippen LogP contribution in [0.15, 0.2) is 47.5 Å². The van der Waals surface area contributed by atoms with Gasteiger partial charge in [0, 0.05) is 15.6 Å². The monoisotopic (exact) mass is 360 g/mol. The van der Waals surface area contributed by atoms with E-state index in [1.165, 1.54) is 11.3 Å². The zero-order chi connectivity index (χ0) is 16.4. The van der Waals surface area contributed by atoms with Crippen LogP contribution >= 0.6 is 34.5 Å². The van der Waals surface area contributed by atoms with Gasteiger partial charge >= 0.3 is 0 Å². The molecule has 1 amide bonds. The van der Waals surface area contributed by atoms with Crippen molar-refractivity contribution in [3.63, 3.8) is 0 Å². The molecule has 0 radical (unpaired) electrons. The standard InChI is InChI=1S/C17H10Cl2N2OS/c1-2-8-21-14-7-6-13(19)10-15(14)23-17(21)20-16(22)11-4-3-5-12(18)9-11/h1,3-7,9-10H,8H2. The topological polar surface area (TPSA) is 34.4 Å². The normalized spacial score (nSPS) is 11.6. The van der Waals surface area contributed by atoms with Crippen LogP contribution < -0.4 is 4.80 Å². The third-order valence-electron chi connectivity index (χ3n) is 3.16. The fraction of sp³-hybridized carbons (Fsp3) is 0.0588. The first kappa shape index (κ1) is 15.8. The van der Waals surface area contributed by atoms with Crippen LogP contribution in [0.4, 0.5) is 0 Å². The molecular weight excluding hydrogens is 351 g/mol. The van der Waals surface area contributed by atoms with Gasteiger partial charge in [-0.2, -0.15) is 4.99 Å². The van der Waals surface area contributed by atoms with Gasteiger partial charge in [-0.1, -0.05) is 46.5 Å². The highest BCUT2D eigenvalue weighted by Gasteiger charge is 2.09. The Bertz CT molecular complexity index is 1010. The van der Waals surface area contributed by atoms with Gasteiger partial charge in [-0.15, -0.1) is 6.42 Å². The number of fused-ring (bicyclic) bond motifs is 1. The van der Waals surface area contributed by atoms with E-state index in [0.29, 0.717) is 27.0 Å². The van der Waals surface area contributed by atoms with Crippen molar-refractivity contribution in [2.24, 2.45) is 4.99 Å². The predicted molar refractivity (Wildman–Crippen MR) is 95.0 cm³/mol. The number of hydrogen-bond donors (Lipinski definition) is 0. The first-order valence-corrected chi connectivity index (χ1v) is 8.23. The first-order valence-electron chi connectivity index (χ1n) is 6.65. The number of benzene rings is 2. The molecule has 1 heterocycles. The minimum Gasteiger partial charge on any atom is -0.305 e. The van der Waals surface area contributed by atoms with Crippen molar-refractivity contribution >= 4 is 50.7 Å². The number of carbonyl (C=O) groups excluding carboxylic acids is 1. The van der Waals surface area contributed by atoms with Gasteiger partial charge in [0.25, 0.3) is 5.91 Å². The van der Waals surface area contributed by atoms with Gasteiger partial charge in [0.1, 0.15) is 0 Å². The summed E-state index contributed by atoms with van der Waals surface area (Å²) in [6.45, 7) is 0.323. The number of thiazole rings is 1. The lowest BCUT2D eigenvalue weighted by atomic mass is 10.2. The van der Waals surface area contributed by atoms with Crippen molar-refractivity contribution in [2.75, 3.05) is 0 Å². The molecule has 0 atom stereocenters. The summed E-state index contributed by atoms with van der Waals surface area (Å²) in [6.07, 6.45) is 5.44. The quantitative estimate of drug-likeness (QED) is 0.624. The van der Waals surface area contributed by atoms with Gasteiger partial charge < -0.3 is 4.57 Å². The molecule has 23 heavy (non-hydrogen) atoms. The third-order valence-corrected chi connectivity index (χ3v) is 4.67. The molecule has 0 aliphatic heterocycles. The largest absolute Gasteiger partial charge is 0.305 e. The van der Waals surface area contributed by atoms with E-state index >= 15 is 0 Å². The van der Waals surface area contributed by atoms with Crippen molar-refractivity contribution in [2.45, 2.75) is 6.54 Å². The second kappa shape index (κ2) is 6.59. The van der Waals surface area contributed by atoms with Crippen molar-refractivity contribution in [3.05, 3.63) is 62.9 Å². The van der Waals surface area contributed by atoms with E-state index in [4.69, 9.17) is 29.6 Å². The number of amides is 1. The van der Waals surface area contributed by atoms with Gasteiger partial charge in [0.2, 0.25) is 0 Å². The predicted octanol–water partition coefficient (Wildman–Crippen LogP) is 4.38. The van der Waals surface area contributed by atoms with Gasteiger partial charge in [0.15, 0.2) is 4.80 Å². The van der Waals surface area contributed by atoms with Crippen molar-refractivity contribution in [1.82, 2.24) is 4.57 Å². The van der Waals surface area contributed by atoms with E-state index in [-0.39, 0.29) is 5.91 Å². The first-order chi connectivity index (χ1) is 11.1. The molecular formula is C17H10Cl2N2OS. The molecule has 0 N–H and O–H groups in total. The average Bonchev–Trinajstić information content (AvgIpc) is 2.84. The molecule has 114 valence electrons. The summed E-state index contributed by atoms with van der Waals surface area (Å²) < 4.78 is 2.74. The Hall–Kier alpha value is -2.06. The van der Waals surface area contributed by atoms with Crippen LogP contribution in [-0.2, 0) is 6.54 Å². The van der Waals surface area contributed by atoms with E-state index in [0.717, 1.165) is 10.2 Å². The zero-order valence-electron chi connectivity index (χ0n) is 11.8. The highest BCUT2D eigenvalue weighted by molar-refractivity contribution is 7.16. The molecule has 0 aliphatic carbocycles. The molecule has 0 fully saturated rings. The van der Waals surface area contributed by atoms with E-state index in [9.17, 15) is 4.79 Å². The zero-order valence-corrected chi connectivity index (χ0v) is 14.1. The maximum absolute atomic E-state index is 12.4. The molecule has 3 nitrogen and oxygen atoms in total. The minimum atomic E-state index is -0.365. The summed E-state index contributed by atoms with van der Waals surface area (Å²) in [5.41, 5.74) is 1.33. The van der Waals surface area contributed by atoms with Crippen LogP contribution in [-0.4, -0.2) is 10.5 Å². The summed E-state index contributed by atoms with van der Waals surface area (Å²) >= 11 is 13.3. The second-order valence-corrected chi connectivity index (χ2v) is 6.60. The van der Waals surface area contributed by atoms with Crippen LogP contribution in [0.3, 0.4) is 0 Å². The molecule has 6 heteroatoms. The molecule has 0 saturated heterocycles. The lowest BCUT2D eigenvalue weighted by Crippen LogP contribution is -2.16. The molecule has 2 aromatic carbocycles. The molecule has 0 spiro atoms. The van der Waals surface area contributed by atoms with Gasteiger partial charge in [0.05, 0.1) is 16.8 Å². The summed E-state index contributed by atoms with van der Waals surface area (Å²) in [4.78, 5) is 17.1. The minimum absolute atomic E-state index is 0.323. The van der Waals surface area contributed by atoms with E-state index in [2.05, 4.69) is 10.9 Å². The van der Waals surface area contributed by atoms with Crippen LogP contribution in [0, 0.1) is 12.3 Å². The summed E-state index contributed by atoms with van der Waals surface area (Å²) in [7, 11) is 0. The maximum atomic E-state index is 12.4. The van der Waals surface area contributed by atoms with Gasteiger partial charge in [-0.25, -0.2) is 0 Å². The lowest BCUT2D eigenvalue weighted by Gasteiger charge is -2.00. The molecule has 3 aromatic rings. The Balaban J connectivity index is 2.16. The Kier molecular flexibility index (Phi) is 4.53. The number of hydrogen-bond acceptors (Lipinski definition) is 2. The van der Waals surface area contributed by atoms with Crippen molar-refractivity contribution < 1.29 is 4.79 Å². The number of rotatable bonds is 2. The van der Waals surface area contributed by atoms with E-state index in [1.54, 1.807) is 30.3 Å². The van der Waals surface area contributed by atoms with Crippen LogP contribution in [0.2, 0.25) is 10.0 Å². The fourth-order valence-corrected chi connectivity index (χ4v) is 3.64. The molecule has 1 aromatic heterocycles. The summed E-state index contributed by atoms with van der Waals surface area (Å²) in [5, 5.41) is 1.12. The SMILES string of the molecule is C#CCn1c(=NC(=O)c2cccc(Cl)c2)sc2cc(Cl)ccc21. The fourth-order valence-electron chi connectivity index (χ4n) is 2.15. The Morgan fingerprint density at radius 1 is 1.22 bits per heavy atom. The molecule has 0 aliphatic rings. The van der Waals surface area contributed by atoms with Gasteiger partial charge in [-0.3, -0.25) is 4.79 Å². The number of nitrogens with zero attached hydrogens (tertiary/aromatic N) is 2. The second-order valence-electron chi connectivity index (χ2n) is 4.71. The smallest absolute Gasteiger partial charge is 0.279 e. The Morgan fingerprint density at radius 3 is 2.74 bits per heavy atom. The molecule has 0 bridgehead atoms. The lowest BCUT2D eigenvalue weighted by molar-refractivity contribution is 0.0998. The van der Waals surface area contributed by atoms with Crippen LogP contribution in [0.25, 0.3) is 10.2 Å². The molecule has 0 unspecified atom stereocenters. The Morgan fingerprint density at radius 2 is 2.00 bits per heavy atom. The summed E-state index contributed by atoms with van der Waals surface area (Å²) in [5.74, 6) is 2.22. The van der Waals surface area contributed by atoms with E-state index < -0.39 is 0 Å². The summed E-state index contributed by atoms with van der Waals surface area (Å²) in [6, 6.07) is 12.2. The van der Waals surface area contributed by atoms with Crippen molar-refractivity contribution in [1.29, 1.82) is 0 Å². The number of halogens is 2. The van der Waals surface area contributed by atoms with Crippen LogP contribution in [0.1, 0.15) is 10.4 Å². The molecule has 0 saturated carbocycles. The number of aromatic nitrogens is 1. The number of carbonyl (C=O) groups is 1.